The molecule has 1 N–H and O–H groups in total. The van der Waals surface area contributed by atoms with Crippen molar-refractivity contribution in [2.45, 2.75) is 51.4 Å². The molecule has 0 unspecified atom stereocenters. The predicted molar refractivity (Wildman–Crippen MR) is 160 cm³/mol. The maximum Gasteiger partial charge on any atom is 0.296 e. The molecule has 0 spiro atoms. The number of carbonyl (C=O) groups is 1. The normalized spacial score (nSPS) is 17.9. The Hall–Kier alpha value is -3.38. The number of amides is 1. The van der Waals surface area contributed by atoms with Crippen LogP contribution in [-0.4, -0.2) is 101 Å². The standard InChI is InChI=1S/C17H18F2N6O.C13H24N2O/c1-20-13-10-14(23-17(22-13)24-6-8-26-9-7-24)25-12-5-3-2-4-11(12)21-16(25)15(18)19;16-13(15-11-4-5-12-15)7-6-10-14-8-2-1-3-9-14/h2-5,10,15H,6-9H2,1H3,(H,20,22,23);1-12H2. The van der Waals surface area contributed by atoms with Gasteiger partial charge in [-0.15, -0.1) is 0 Å². The van der Waals surface area contributed by atoms with Gasteiger partial charge in [-0.3, -0.25) is 9.36 Å². The van der Waals surface area contributed by atoms with Crippen LogP contribution < -0.4 is 10.2 Å². The number of carbonyl (C=O) groups excluding carboxylic acids is 1. The predicted octanol–water partition coefficient (Wildman–Crippen LogP) is 4.51. The summed E-state index contributed by atoms with van der Waals surface area (Å²) < 4.78 is 34.0. The lowest BCUT2D eigenvalue weighted by Crippen LogP contribution is -2.37. The first-order valence-corrected chi connectivity index (χ1v) is 15.2. The van der Waals surface area contributed by atoms with Crippen molar-refractivity contribution in [3.05, 3.63) is 36.2 Å². The van der Waals surface area contributed by atoms with Gasteiger partial charge in [-0.25, -0.2) is 13.8 Å². The molecule has 3 fully saturated rings. The first-order chi connectivity index (χ1) is 20.5. The van der Waals surface area contributed by atoms with Crippen molar-refractivity contribution in [1.82, 2.24) is 29.3 Å². The molecule has 0 atom stereocenters. The van der Waals surface area contributed by atoms with Crippen LogP contribution in [-0.2, 0) is 9.53 Å². The Morgan fingerprint density at radius 1 is 0.952 bits per heavy atom. The minimum Gasteiger partial charge on any atom is -0.378 e. The highest BCUT2D eigenvalue weighted by Crippen LogP contribution is 2.29. The third kappa shape index (κ3) is 7.52. The molecule has 0 saturated carbocycles. The summed E-state index contributed by atoms with van der Waals surface area (Å²) in [4.78, 5) is 31.4. The molecule has 3 aliphatic heterocycles. The smallest absolute Gasteiger partial charge is 0.296 e. The van der Waals surface area contributed by atoms with E-state index in [0.29, 0.717) is 60.8 Å². The molecule has 3 aromatic rings. The summed E-state index contributed by atoms with van der Waals surface area (Å²) in [6.45, 7) is 8.09. The fourth-order valence-corrected chi connectivity index (χ4v) is 5.76. The maximum absolute atomic E-state index is 13.6. The molecule has 3 saturated heterocycles. The van der Waals surface area contributed by atoms with Gasteiger partial charge in [0, 0.05) is 45.7 Å². The summed E-state index contributed by atoms with van der Waals surface area (Å²) in [5.74, 6) is 1.44. The van der Waals surface area contributed by atoms with Crippen LogP contribution in [0.2, 0.25) is 0 Å². The molecule has 1 aromatic carbocycles. The number of nitrogens with zero attached hydrogens (tertiary/aromatic N) is 7. The van der Waals surface area contributed by atoms with E-state index < -0.39 is 6.43 Å². The second kappa shape index (κ2) is 14.7. The van der Waals surface area contributed by atoms with E-state index in [0.717, 1.165) is 32.5 Å². The monoisotopic (exact) mass is 584 g/mol. The third-order valence-corrected chi connectivity index (χ3v) is 8.03. The lowest BCUT2D eigenvalue weighted by Gasteiger charge is -2.27. The average molecular weight is 585 g/mol. The van der Waals surface area contributed by atoms with Gasteiger partial charge in [0.2, 0.25) is 11.9 Å². The number of piperidine rings is 1. The Bertz CT molecular complexity index is 1300. The summed E-state index contributed by atoms with van der Waals surface area (Å²) >= 11 is 0. The minimum absolute atomic E-state index is 0.333. The first kappa shape index (κ1) is 30.1. The van der Waals surface area contributed by atoms with Crippen molar-refractivity contribution in [3.8, 4) is 5.82 Å². The number of halogens is 2. The molecule has 42 heavy (non-hydrogen) atoms. The van der Waals surface area contributed by atoms with Gasteiger partial charge in [0.25, 0.3) is 6.43 Å². The molecule has 5 heterocycles. The van der Waals surface area contributed by atoms with Crippen LogP contribution in [0, 0.1) is 0 Å². The number of morpholine rings is 1. The molecule has 228 valence electrons. The number of imidazole rings is 1. The zero-order valence-electron chi connectivity index (χ0n) is 24.5. The second-order valence-corrected chi connectivity index (χ2v) is 10.9. The summed E-state index contributed by atoms with van der Waals surface area (Å²) in [5, 5.41) is 2.98. The second-order valence-electron chi connectivity index (χ2n) is 10.9. The maximum atomic E-state index is 13.6. The first-order valence-electron chi connectivity index (χ1n) is 15.2. The Kier molecular flexibility index (Phi) is 10.5. The van der Waals surface area contributed by atoms with Crippen molar-refractivity contribution < 1.29 is 18.3 Å². The minimum atomic E-state index is -2.72. The SMILES string of the molecule is CNc1cc(-n2c(C(F)F)nc3ccccc32)nc(N2CCOCC2)n1.O=C(CCCN1CCCCC1)N1CCCC1. The van der Waals surface area contributed by atoms with Crippen molar-refractivity contribution in [2.75, 3.05) is 76.3 Å². The lowest BCUT2D eigenvalue weighted by atomic mass is 10.1. The van der Waals surface area contributed by atoms with Gasteiger partial charge in [0.15, 0.2) is 5.82 Å². The van der Waals surface area contributed by atoms with Crippen LogP contribution in [0.4, 0.5) is 20.5 Å². The van der Waals surface area contributed by atoms with Crippen molar-refractivity contribution in [1.29, 1.82) is 0 Å². The number of anilines is 2. The van der Waals surface area contributed by atoms with Gasteiger partial charge in [0.05, 0.1) is 24.2 Å². The number of aromatic nitrogens is 4. The molecule has 6 rings (SSSR count). The quantitative estimate of drug-likeness (QED) is 0.414. The third-order valence-electron chi connectivity index (χ3n) is 8.03. The molecule has 3 aliphatic rings. The number of nitrogens with one attached hydrogen (secondary N) is 1. The fourth-order valence-electron chi connectivity index (χ4n) is 5.76. The zero-order chi connectivity index (χ0) is 29.3. The van der Waals surface area contributed by atoms with E-state index in [1.165, 1.54) is 49.8 Å². The van der Waals surface area contributed by atoms with E-state index in [2.05, 4.69) is 25.2 Å². The molecular formula is C30H42F2N8O2. The molecule has 10 nitrogen and oxygen atoms in total. The number of ether oxygens (including phenoxy) is 1. The average Bonchev–Trinajstić information content (AvgIpc) is 3.71. The number of hydrogen-bond donors (Lipinski definition) is 1. The lowest BCUT2D eigenvalue weighted by molar-refractivity contribution is -0.130. The number of rotatable bonds is 8. The molecule has 2 aromatic heterocycles. The number of benzene rings is 1. The topological polar surface area (TPSA) is 91.7 Å². The number of hydrogen-bond acceptors (Lipinski definition) is 8. The van der Waals surface area contributed by atoms with Crippen LogP contribution in [0.5, 0.6) is 0 Å². The van der Waals surface area contributed by atoms with E-state index in [1.54, 1.807) is 37.4 Å². The van der Waals surface area contributed by atoms with Crippen molar-refractivity contribution >= 4 is 28.7 Å². The zero-order valence-corrected chi connectivity index (χ0v) is 24.5. The van der Waals surface area contributed by atoms with Crippen LogP contribution in [0.1, 0.15) is 57.2 Å². The van der Waals surface area contributed by atoms with E-state index in [1.807, 2.05) is 9.80 Å². The molecule has 1 amide bonds. The Balaban J connectivity index is 0.000000189. The number of fused-ring (bicyclic) bond motifs is 1. The molecule has 12 heteroatoms. The van der Waals surface area contributed by atoms with E-state index in [4.69, 9.17) is 4.74 Å². The van der Waals surface area contributed by atoms with Crippen LogP contribution in [0.25, 0.3) is 16.9 Å². The summed E-state index contributed by atoms with van der Waals surface area (Å²) in [6, 6.07) is 8.67. The van der Waals surface area contributed by atoms with Crippen molar-refractivity contribution in [3.63, 3.8) is 0 Å². The Morgan fingerprint density at radius 2 is 1.67 bits per heavy atom. The number of likely N-dealkylation sites (tertiary alicyclic amines) is 2. The van der Waals surface area contributed by atoms with E-state index in [9.17, 15) is 13.6 Å². The van der Waals surface area contributed by atoms with Gasteiger partial charge < -0.3 is 24.8 Å². The number of alkyl halides is 2. The van der Waals surface area contributed by atoms with Gasteiger partial charge >= 0.3 is 0 Å². The van der Waals surface area contributed by atoms with Gasteiger partial charge in [-0.2, -0.15) is 9.97 Å². The molecule has 0 aliphatic carbocycles. The van der Waals surface area contributed by atoms with Gasteiger partial charge in [0.1, 0.15) is 11.6 Å². The summed E-state index contributed by atoms with van der Waals surface area (Å²) in [6.07, 6.45) is 5.59. The van der Waals surface area contributed by atoms with E-state index in [-0.39, 0.29) is 5.82 Å². The Morgan fingerprint density at radius 3 is 2.38 bits per heavy atom. The van der Waals surface area contributed by atoms with Crippen molar-refractivity contribution in [2.24, 2.45) is 0 Å². The summed E-state index contributed by atoms with van der Waals surface area (Å²) in [5.41, 5.74) is 1.08. The molecule has 0 radical (unpaired) electrons. The van der Waals surface area contributed by atoms with Crippen LogP contribution >= 0.6 is 0 Å². The van der Waals surface area contributed by atoms with Crippen LogP contribution in [0.3, 0.4) is 0 Å². The largest absolute Gasteiger partial charge is 0.378 e. The van der Waals surface area contributed by atoms with Gasteiger partial charge in [-0.05, 0) is 63.9 Å². The molecular weight excluding hydrogens is 542 g/mol. The highest BCUT2D eigenvalue weighted by Gasteiger charge is 2.23. The molecule has 0 bridgehead atoms. The number of para-hydroxylation sites is 2. The van der Waals surface area contributed by atoms with Crippen LogP contribution in [0.15, 0.2) is 30.3 Å². The Labute approximate surface area is 246 Å². The highest BCUT2D eigenvalue weighted by molar-refractivity contribution is 5.78. The van der Waals surface area contributed by atoms with Gasteiger partial charge in [-0.1, -0.05) is 18.6 Å². The fraction of sp³-hybridized carbons (Fsp3) is 0.600. The summed E-state index contributed by atoms with van der Waals surface area (Å²) in [7, 11) is 1.73. The van der Waals surface area contributed by atoms with E-state index >= 15 is 0 Å². The highest BCUT2D eigenvalue weighted by atomic mass is 19.3.